The van der Waals surface area contributed by atoms with E-state index in [0.717, 1.165) is 0 Å². The number of nitrogens with two attached hydrogens (primary N) is 2. The summed E-state index contributed by atoms with van der Waals surface area (Å²) in [5.41, 5.74) is 13.3. The molecule has 4 N–H and O–H groups in total. The Morgan fingerprint density at radius 2 is 1.90 bits per heavy atom. The predicted octanol–water partition coefficient (Wildman–Crippen LogP) is 3.71. The minimum absolute atomic E-state index is 0.0343. The molecule has 2 aromatic rings. The van der Waals surface area contributed by atoms with E-state index in [0.29, 0.717) is 28.5 Å². The summed E-state index contributed by atoms with van der Waals surface area (Å²) in [7, 11) is 0. The Hall–Kier alpha value is -3.92. The normalized spacial score (nSPS) is 16.1. The number of nitrogen functional groups attached to an aromatic ring is 1. The maximum atomic E-state index is 12.6. The van der Waals surface area contributed by atoms with Gasteiger partial charge in [0, 0.05) is 5.69 Å². The molecule has 3 rings (SSSR count). The monoisotopic (exact) mass is 391 g/mol. The number of anilines is 1. The van der Waals surface area contributed by atoms with Gasteiger partial charge in [0.1, 0.15) is 28.9 Å². The van der Waals surface area contributed by atoms with E-state index < -0.39 is 11.9 Å². The average molecular weight is 391 g/mol. The van der Waals surface area contributed by atoms with Crippen LogP contribution in [0.5, 0.6) is 11.5 Å². The smallest absolute Gasteiger partial charge is 0.338 e. The van der Waals surface area contributed by atoms with Gasteiger partial charge < -0.3 is 25.7 Å². The Balaban J connectivity index is 2.03. The largest absolute Gasteiger partial charge is 0.463 e. The summed E-state index contributed by atoms with van der Waals surface area (Å²) in [4.78, 5) is 12.6. The standard InChI is InChI=1S/C22H21N3O4/c1-3-27-22(26)19-13(2)28-21(25)18(12-23)20(19)14-5-4-6-17(11-14)29-16-9-7-15(24)8-10-16/h4-11,20H,3,24-25H2,1-2H3. The molecule has 0 fully saturated rings. The van der Waals surface area contributed by atoms with Crippen LogP contribution in [0.2, 0.25) is 0 Å². The van der Waals surface area contributed by atoms with Crippen molar-refractivity contribution in [2.75, 3.05) is 12.3 Å². The molecule has 1 atom stereocenters. The fourth-order valence-corrected chi connectivity index (χ4v) is 3.12. The lowest BCUT2D eigenvalue weighted by Crippen LogP contribution is -2.25. The van der Waals surface area contributed by atoms with Crippen molar-refractivity contribution in [2.45, 2.75) is 19.8 Å². The minimum atomic E-state index is -0.720. The van der Waals surface area contributed by atoms with E-state index in [1.807, 2.05) is 0 Å². The number of rotatable bonds is 5. The summed E-state index contributed by atoms with van der Waals surface area (Å²) in [5.74, 6) is 0.136. The predicted molar refractivity (Wildman–Crippen MR) is 107 cm³/mol. The highest BCUT2D eigenvalue weighted by atomic mass is 16.5. The zero-order chi connectivity index (χ0) is 21.0. The van der Waals surface area contributed by atoms with Crippen molar-refractivity contribution >= 4 is 11.7 Å². The molecule has 2 aromatic carbocycles. The van der Waals surface area contributed by atoms with Crippen molar-refractivity contribution in [1.82, 2.24) is 0 Å². The molecule has 0 spiro atoms. The highest BCUT2D eigenvalue weighted by molar-refractivity contribution is 5.92. The molecule has 29 heavy (non-hydrogen) atoms. The van der Waals surface area contributed by atoms with E-state index >= 15 is 0 Å². The van der Waals surface area contributed by atoms with Crippen LogP contribution in [0.25, 0.3) is 0 Å². The van der Waals surface area contributed by atoms with E-state index in [1.54, 1.807) is 62.4 Å². The number of hydrogen-bond donors (Lipinski definition) is 2. The van der Waals surface area contributed by atoms with Crippen molar-refractivity contribution in [3.05, 3.63) is 76.9 Å². The van der Waals surface area contributed by atoms with E-state index in [4.69, 9.17) is 25.7 Å². The Bertz CT molecular complexity index is 1030. The van der Waals surface area contributed by atoms with Crippen LogP contribution < -0.4 is 16.2 Å². The summed E-state index contributed by atoms with van der Waals surface area (Å²) < 4.78 is 16.5. The number of hydrogen-bond acceptors (Lipinski definition) is 7. The maximum Gasteiger partial charge on any atom is 0.338 e. The highest BCUT2D eigenvalue weighted by Gasteiger charge is 2.36. The number of carbonyl (C=O) groups is 1. The maximum absolute atomic E-state index is 12.6. The Morgan fingerprint density at radius 1 is 1.17 bits per heavy atom. The Morgan fingerprint density at radius 3 is 2.55 bits per heavy atom. The second kappa shape index (κ2) is 8.40. The van der Waals surface area contributed by atoms with Crippen molar-refractivity contribution < 1.29 is 19.0 Å². The van der Waals surface area contributed by atoms with E-state index in [1.165, 1.54) is 0 Å². The molecule has 0 amide bonds. The second-order valence-corrected chi connectivity index (χ2v) is 6.36. The lowest BCUT2D eigenvalue weighted by molar-refractivity contribution is -0.139. The van der Waals surface area contributed by atoms with Gasteiger partial charge in [-0.05, 0) is 55.8 Å². The first kappa shape index (κ1) is 19.8. The van der Waals surface area contributed by atoms with Crippen LogP contribution in [0.4, 0.5) is 5.69 Å². The van der Waals surface area contributed by atoms with Crippen LogP contribution in [-0.2, 0) is 14.3 Å². The number of nitrogens with zero attached hydrogens (tertiary/aromatic N) is 1. The number of benzene rings is 2. The van der Waals surface area contributed by atoms with Crippen LogP contribution in [-0.4, -0.2) is 12.6 Å². The second-order valence-electron chi connectivity index (χ2n) is 6.36. The number of allylic oxidation sites excluding steroid dienone is 2. The lowest BCUT2D eigenvalue weighted by atomic mass is 9.83. The molecule has 0 aliphatic carbocycles. The van der Waals surface area contributed by atoms with Gasteiger partial charge in [-0.2, -0.15) is 5.26 Å². The summed E-state index contributed by atoms with van der Waals surface area (Å²) >= 11 is 0. The SMILES string of the molecule is CCOC(=O)C1=C(C)OC(N)=C(C#N)C1c1cccc(Oc2ccc(N)cc2)c1. The molecule has 0 saturated carbocycles. The van der Waals surface area contributed by atoms with Gasteiger partial charge in [-0.1, -0.05) is 12.1 Å². The minimum Gasteiger partial charge on any atom is -0.463 e. The molecule has 1 unspecified atom stereocenters. The molecule has 0 radical (unpaired) electrons. The van der Waals surface area contributed by atoms with Gasteiger partial charge in [0.25, 0.3) is 0 Å². The lowest BCUT2D eigenvalue weighted by Gasteiger charge is -2.27. The molecule has 7 nitrogen and oxygen atoms in total. The molecule has 0 aromatic heterocycles. The summed E-state index contributed by atoms with van der Waals surface area (Å²) in [6.45, 7) is 3.53. The van der Waals surface area contributed by atoms with Crippen LogP contribution in [0.1, 0.15) is 25.3 Å². The van der Waals surface area contributed by atoms with Gasteiger partial charge in [-0.3, -0.25) is 0 Å². The summed E-state index contributed by atoms with van der Waals surface area (Å²) in [6.07, 6.45) is 0. The third-order valence-electron chi connectivity index (χ3n) is 4.41. The highest BCUT2D eigenvalue weighted by Crippen LogP contribution is 2.40. The van der Waals surface area contributed by atoms with Crippen molar-refractivity contribution in [3.8, 4) is 17.6 Å². The molecule has 0 bridgehead atoms. The van der Waals surface area contributed by atoms with E-state index in [2.05, 4.69) is 6.07 Å². The first-order valence-corrected chi connectivity index (χ1v) is 9.03. The zero-order valence-electron chi connectivity index (χ0n) is 16.1. The fourth-order valence-electron chi connectivity index (χ4n) is 3.12. The van der Waals surface area contributed by atoms with Gasteiger partial charge in [0.2, 0.25) is 5.88 Å². The summed E-state index contributed by atoms with van der Waals surface area (Å²) in [6, 6.07) is 16.1. The van der Waals surface area contributed by atoms with Gasteiger partial charge in [-0.15, -0.1) is 0 Å². The Labute approximate surface area is 168 Å². The van der Waals surface area contributed by atoms with Gasteiger partial charge in [0.15, 0.2) is 0 Å². The molecule has 7 heteroatoms. The van der Waals surface area contributed by atoms with Crippen LogP contribution in [0.3, 0.4) is 0 Å². The van der Waals surface area contributed by atoms with Crippen molar-refractivity contribution in [2.24, 2.45) is 5.73 Å². The summed E-state index contributed by atoms with van der Waals surface area (Å²) in [5, 5.41) is 9.65. The number of carbonyl (C=O) groups excluding carboxylic acids is 1. The Kier molecular flexibility index (Phi) is 5.74. The number of esters is 1. The first-order valence-electron chi connectivity index (χ1n) is 9.03. The molecular weight excluding hydrogens is 370 g/mol. The molecule has 1 aliphatic rings. The molecule has 1 heterocycles. The molecule has 148 valence electrons. The third-order valence-corrected chi connectivity index (χ3v) is 4.41. The van der Waals surface area contributed by atoms with Gasteiger partial charge in [0.05, 0.1) is 18.1 Å². The topological polar surface area (TPSA) is 121 Å². The third kappa shape index (κ3) is 4.17. The average Bonchev–Trinajstić information content (AvgIpc) is 2.69. The molecule has 1 aliphatic heterocycles. The van der Waals surface area contributed by atoms with Crippen LogP contribution in [0, 0.1) is 11.3 Å². The van der Waals surface area contributed by atoms with Gasteiger partial charge >= 0.3 is 5.97 Å². The quantitative estimate of drug-likeness (QED) is 0.589. The van der Waals surface area contributed by atoms with E-state index in [-0.39, 0.29) is 23.6 Å². The number of ether oxygens (including phenoxy) is 3. The van der Waals surface area contributed by atoms with Crippen molar-refractivity contribution in [3.63, 3.8) is 0 Å². The zero-order valence-corrected chi connectivity index (χ0v) is 16.1. The van der Waals surface area contributed by atoms with E-state index in [9.17, 15) is 10.1 Å². The first-order chi connectivity index (χ1) is 13.9. The van der Waals surface area contributed by atoms with Gasteiger partial charge in [-0.25, -0.2) is 4.79 Å². The molecule has 0 saturated heterocycles. The van der Waals surface area contributed by atoms with Crippen LogP contribution in [0.15, 0.2) is 71.3 Å². The fraction of sp³-hybridized carbons (Fsp3) is 0.182. The molecular formula is C22H21N3O4. The number of nitriles is 1. The van der Waals surface area contributed by atoms with Crippen molar-refractivity contribution in [1.29, 1.82) is 5.26 Å². The van der Waals surface area contributed by atoms with Crippen LogP contribution >= 0.6 is 0 Å².